The van der Waals surface area contributed by atoms with Crippen LogP contribution in [0.5, 0.6) is 0 Å². The molecular formula is C81H158O17P2. The fraction of sp³-hybridized carbons (Fsp3) is 0.951. The first-order valence-electron chi connectivity index (χ1n) is 41.9. The Morgan fingerprint density at radius 3 is 0.760 bits per heavy atom. The minimum absolute atomic E-state index is 0.106. The van der Waals surface area contributed by atoms with Crippen LogP contribution in [-0.4, -0.2) is 96.7 Å². The Morgan fingerprint density at radius 2 is 0.510 bits per heavy atom. The molecule has 594 valence electrons. The molecule has 3 unspecified atom stereocenters. The van der Waals surface area contributed by atoms with Crippen molar-refractivity contribution < 1.29 is 80.2 Å². The van der Waals surface area contributed by atoms with Crippen LogP contribution in [-0.2, 0) is 65.4 Å². The Balaban J connectivity index is 5.27. The molecule has 0 aliphatic heterocycles. The molecule has 3 N–H and O–H groups in total. The minimum Gasteiger partial charge on any atom is -0.462 e. The zero-order valence-corrected chi connectivity index (χ0v) is 67.5. The molecule has 17 nitrogen and oxygen atoms in total. The molecule has 0 radical (unpaired) electrons. The molecule has 0 aromatic heterocycles. The number of carbonyl (C=O) groups excluding carboxylic acids is 4. The predicted molar refractivity (Wildman–Crippen MR) is 409 cm³/mol. The highest BCUT2D eigenvalue weighted by molar-refractivity contribution is 7.47. The van der Waals surface area contributed by atoms with Gasteiger partial charge in [-0.15, -0.1) is 0 Å². The molecule has 0 saturated heterocycles. The van der Waals surface area contributed by atoms with Gasteiger partial charge in [-0.25, -0.2) is 9.13 Å². The molecule has 0 aliphatic carbocycles. The quantitative estimate of drug-likeness (QED) is 0.0222. The summed E-state index contributed by atoms with van der Waals surface area (Å²) < 4.78 is 68.8. The first-order valence-corrected chi connectivity index (χ1v) is 44.9. The van der Waals surface area contributed by atoms with Crippen LogP contribution >= 0.6 is 15.6 Å². The summed E-state index contributed by atoms with van der Waals surface area (Å²) in [7, 11) is -9.92. The van der Waals surface area contributed by atoms with Crippen molar-refractivity contribution in [3.8, 4) is 0 Å². The van der Waals surface area contributed by atoms with E-state index >= 15 is 0 Å². The summed E-state index contributed by atoms with van der Waals surface area (Å²) in [5.74, 6) is 0.280. The number of unbranched alkanes of at least 4 members (excludes halogenated alkanes) is 46. The lowest BCUT2D eigenvalue weighted by Crippen LogP contribution is -2.30. The normalized spacial score (nSPS) is 14.2. The van der Waals surface area contributed by atoms with Crippen molar-refractivity contribution in [1.82, 2.24) is 0 Å². The second-order valence-corrected chi connectivity index (χ2v) is 33.3. The monoisotopic (exact) mass is 1470 g/mol. The number of ether oxygens (including phenoxy) is 4. The second kappa shape index (κ2) is 71.3. The van der Waals surface area contributed by atoms with E-state index in [1.54, 1.807) is 0 Å². The van der Waals surface area contributed by atoms with Gasteiger partial charge in [-0.2, -0.15) is 0 Å². The van der Waals surface area contributed by atoms with Crippen molar-refractivity contribution in [2.45, 2.75) is 439 Å². The van der Waals surface area contributed by atoms with E-state index in [1.165, 1.54) is 231 Å². The van der Waals surface area contributed by atoms with Crippen LogP contribution in [0.25, 0.3) is 0 Å². The maximum Gasteiger partial charge on any atom is 0.472 e. The maximum atomic E-state index is 13.1. The lowest BCUT2D eigenvalue weighted by atomic mass is 9.99. The SMILES string of the molecule is CCCCCCCCCCCCCCCC(=O)OC[C@H](COP(=O)(O)OC[C@H](O)COP(=O)(O)OC[C@@H](COC(=O)CCCCCCCCCCCCCCCC(C)C)OC(=O)CCCCCCCCCCCCCCCCC(C)CC)OC(=O)CCCCCCCCCCCCC(C)C. The molecule has 0 aromatic rings. The topological polar surface area (TPSA) is 237 Å². The van der Waals surface area contributed by atoms with Crippen LogP contribution in [0.2, 0.25) is 0 Å². The number of aliphatic hydroxyl groups is 1. The van der Waals surface area contributed by atoms with E-state index in [-0.39, 0.29) is 25.7 Å². The molecule has 0 aromatic carbocycles. The van der Waals surface area contributed by atoms with E-state index in [9.17, 15) is 43.2 Å². The average molecular weight is 1470 g/mol. The van der Waals surface area contributed by atoms with Crippen molar-refractivity contribution in [1.29, 1.82) is 0 Å². The predicted octanol–water partition coefficient (Wildman–Crippen LogP) is 24.1. The Morgan fingerprint density at radius 1 is 0.290 bits per heavy atom. The smallest absolute Gasteiger partial charge is 0.462 e. The lowest BCUT2D eigenvalue weighted by molar-refractivity contribution is -0.161. The minimum atomic E-state index is -4.96. The summed E-state index contributed by atoms with van der Waals surface area (Å²) >= 11 is 0. The summed E-state index contributed by atoms with van der Waals surface area (Å²) in [6.07, 6.45) is 59.4. The van der Waals surface area contributed by atoms with Crippen molar-refractivity contribution >= 4 is 39.5 Å². The highest BCUT2D eigenvalue weighted by Crippen LogP contribution is 2.45. The summed E-state index contributed by atoms with van der Waals surface area (Å²) in [6.45, 7) is 12.0. The van der Waals surface area contributed by atoms with Gasteiger partial charge in [-0.1, -0.05) is 370 Å². The van der Waals surface area contributed by atoms with Gasteiger partial charge in [0, 0.05) is 25.7 Å². The molecule has 0 heterocycles. The van der Waals surface area contributed by atoms with Gasteiger partial charge in [0.25, 0.3) is 0 Å². The summed E-state index contributed by atoms with van der Waals surface area (Å²) in [4.78, 5) is 73.1. The van der Waals surface area contributed by atoms with Gasteiger partial charge in [0.05, 0.1) is 26.4 Å². The summed E-state index contributed by atoms with van der Waals surface area (Å²) in [5, 5.41) is 10.6. The van der Waals surface area contributed by atoms with Crippen LogP contribution in [0, 0.1) is 17.8 Å². The first-order chi connectivity index (χ1) is 48.3. The Hall–Kier alpha value is -1.94. The number of phosphoric ester groups is 2. The molecule has 6 atom stereocenters. The lowest BCUT2D eigenvalue weighted by Gasteiger charge is -2.21. The fourth-order valence-corrected chi connectivity index (χ4v) is 14.0. The van der Waals surface area contributed by atoms with E-state index in [4.69, 9.17) is 37.0 Å². The van der Waals surface area contributed by atoms with Crippen LogP contribution in [0.3, 0.4) is 0 Å². The fourth-order valence-electron chi connectivity index (χ4n) is 12.5. The van der Waals surface area contributed by atoms with E-state index < -0.39 is 97.5 Å². The van der Waals surface area contributed by atoms with Crippen LogP contribution in [0.4, 0.5) is 0 Å². The number of hydrogen-bond donors (Lipinski definition) is 3. The zero-order valence-electron chi connectivity index (χ0n) is 65.7. The number of hydrogen-bond acceptors (Lipinski definition) is 15. The third-order valence-electron chi connectivity index (χ3n) is 19.2. The number of phosphoric acid groups is 2. The third-order valence-corrected chi connectivity index (χ3v) is 21.1. The highest BCUT2D eigenvalue weighted by atomic mass is 31.2. The molecule has 0 fully saturated rings. The maximum absolute atomic E-state index is 13.1. The molecule has 0 saturated carbocycles. The van der Waals surface area contributed by atoms with E-state index in [1.807, 2.05) is 0 Å². The second-order valence-electron chi connectivity index (χ2n) is 30.4. The van der Waals surface area contributed by atoms with Gasteiger partial charge < -0.3 is 33.8 Å². The Bertz CT molecular complexity index is 1940. The van der Waals surface area contributed by atoms with Crippen molar-refractivity contribution in [3.63, 3.8) is 0 Å². The first kappa shape index (κ1) is 98.1. The summed E-state index contributed by atoms with van der Waals surface area (Å²) in [5.41, 5.74) is 0. The van der Waals surface area contributed by atoms with Crippen LogP contribution < -0.4 is 0 Å². The number of aliphatic hydroxyl groups excluding tert-OH is 1. The number of carbonyl (C=O) groups is 4. The Labute approximate surface area is 613 Å². The number of rotatable bonds is 79. The molecule has 19 heteroatoms. The molecule has 100 heavy (non-hydrogen) atoms. The average Bonchev–Trinajstić information content (AvgIpc) is 0.915. The van der Waals surface area contributed by atoms with Gasteiger partial charge in [-0.05, 0) is 43.4 Å². The molecule has 0 rings (SSSR count). The van der Waals surface area contributed by atoms with Gasteiger partial charge in [0.15, 0.2) is 12.2 Å². The van der Waals surface area contributed by atoms with Gasteiger partial charge >= 0.3 is 39.5 Å². The molecule has 0 spiro atoms. The van der Waals surface area contributed by atoms with Gasteiger partial charge in [0.2, 0.25) is 0 Å². The van der Waals surface area contributed by atoms with Crippen molar-refractivity contribution in [3.05, 3.63) is 0 Å². The van der Waals surface area contributed by atoms with Crippen LogP contribution in [0.15, 0.2) is 0 Å². The molecule has 0 bridgehead atoms. The van der Waals surface area contributed by atoms with Crippen molar-refractivity contribution in [2.24, 2.45) is 17.8 Å². The molecule has 0 amide bonds. The third kappa shape index (κ3) is 73.0. The Kier molecular flexibility index (Phi) is 69.9. The van der Waals surface area contributed by atoms with Crippen LogP contribution in [0.1, 0.15) is 421 Å². The van der Waals surface area contributed by atoms with E-state index in [2.05, 4.69) is 48.5 Å². The van der Waals surface area contributed by atoms with Crippen molar-refractivity contribution in [2.75, 3.05) is 39.6 Å². The van der Waals surface area contributed by atoms with Gasteiger partial charge in [0.1, 0.15) is 19.3 Å². The largest absolute Gasteiger partial charge is 0.472 e. The molecular weight excluding hydrogens is 1310 g/mol. The zero-order chi connectivity index (χ0) is 73.7. The summed E-state index contributed by atoms with van der Waals surface area (Å²) in [6, 6.07) is 0. The highest BCUT2D eigenvalue weighted by Gasteiger charge is 2.30. The van der Waals surface area contributed by atoms with E-state index in [0.29, 0.717) is 25.7 Å². The van der Waals surface area contributed by atoms with E-state index in [0.717, 1.165) is 108 Å². The molecule has 0 aliphatic rings. The standard InChI is InChI=1S/C81H158O17P2/c1-8-10-11-12-13-14-15-19-26-34-41-48-55-62-78(83)91-69-77(98-81(86)65-58-51-44-37-30-29-32-39-46-53-60-73(5)6)71-96-100(89,90)94-67-75(82)66-93-99(87,88)95-70-76(68-92-79(84)63-56-49-42-35-27-23-18-20-24-31-38-45-52-59-72(3)4)97-80(85)64-57-50-43-36-28-22-17-16-21-25-33-40-47-54-61-74(7)9-2/h72-77,82H,8-71H2,1-7H3,(H,87,88)(H,89,90)/t74?,75-,76-,77-/m1/s1. The number of esters is 4. The van der Waals surface area contributed by atoms with Gasteiger partial charge in [-0.3, -0.25) is 37.3 Å².